The lowest BCUT2D eigenvalue weighted by Gasteiger charge is -2.42. The average molecular weight is 260 g/mol. The molecule has 20 heavy (non-hydrogen) atoms. The summed E-state index contributed by atoms with van der Waals surface area (Å²) >= 11 is 0. The van der Waals surface area contributed by atoms with Gasteiger partial charge >= 0.3 is 0 Å². The summed E-state index contributed by atoms with van der Waals surface area (Å²) in [7, 11) is 0. The van der Waals surface area contributed by atoms with Crippen LogP contribution >= 0.6 is 0 Å². The molecule has 98 valence electrons. The van der Waals surface area contributed by atoms with Crippen molar-refractivity contribution in [1.29, 1.82) is 0 Å². The SMILES string of the molecule is CC12C=CC=CC1c1ccccc1-c1cccc(O)c12. The first-order valence-corrected chi connectivity index (χ1v) is 6.99. The lowest BCUT2D eigenvalue weighted by Crippen LogP contribution is -2.32. The molecule has 0 heterocycles. The molecule has 0 fully saturated rings. The van der Waals surface area contributed by atoms with Gasteiger partial charge in [-0.3, -0.25) is 0 Å². The van der Waals surface area contributed by atoms with Crippen molar-refractivity contribution in [3.63, 3.8) is 0 Å². The molecule has 1 heteroatoms. The maximum atomic E-state index is 10.4. The number of aromatic hydroxyl groups is 1. The van der Waals surface area contributed by atoms with E-state index in [9.17, 15) is 5.11 Å². The molecule has 0 amide bonds. The summed E-state index contributed by atoms with van der Waals surface area (Å²) in [5, 5.41) is 10.4. The molecule has 2 aliphatic carbocycles. The molecular weight excluding hydrogens is 244 g/mol. The third kappa shape index (κ3) is 1.32. The van der Waals surface area contributed by atoms with Gasteiger partial charge in [-0.25, -0.2) is 0 Å². The van der Waals surface area contributed by atoms with Crippen LogP contribution in [0.2, 0.25) is 0 Å². The van der Waals surface area contributed by atoms with Gasteiger partial charge in [-0.1, -0.05) is 67.6 Å². The maximum absolute atomic E-state index is 10.4. The van der Waals surface area contributed by atoms with Gasteiger partial charge in [0.25, 0.3) is 0 Å². The summed E-state index contributed by atoms with van der Waals surface area (Å²) < 4.78 is 0. The molecule has 1 nitrogen and oxygen atoms in total. The van der Waals surface area contributed by atoms with E-state index in [1.54, 1.807) is 6.07 Å². The number of phenolic OH excluding ortho intramolecular Hbond substituents is 1. The third-order valence-electron chi connectivity index (χ3n) is 4.67. The topological polar surface area (TPSA) is 20.2 Å². The lowest BCUT2D eigenvalue weighted by atomic mass is 9.60. The quantitative estimate of drug-likeness (QED) is 0.737. The second-order valence-electron chi connectivity index (χ2n) is 5.79. The van der Waals surface area contributed by atoms with Gasteiger partial charge in [0.15, 0.2) is 0 Å². The Morgan fingerprint density at radius 2 is 1.75 bits per heavy atom. The highest BCUT2D eigenvalue weighted by molar-refractivity contribution is 5.80. The zero-order valence-electron chi connectivity index (χ0n) is 11.4. The predicted octanol–water partition coefficient (Wildman–Crippen LogP) is 4.54. The summed E-state index contributed by atoms with van der Waals surface area (Å²) in [6.07, 6.45) is 8.65. The lowest BCUT2D eigenvalue weighted by molar-refractivity contribution is 0.434. The zero-order valence-corrected chi connectivity index (χ0v) is 11.4. The van der Waals surface area contributed by atoms with Crippen molar-refractivity contribution in [3.05, 3.63) is 77.9 Å². The maximum Gasteiger partial charge on any atom is 0.120 e. The van der Waals surface area contributed by atoms with E-state index in [0.29, 0.717) is 5.75 Å². The van der Waals surface area contributed by atoms with Gasteiger partial charge in [0.1, 0.15) is 5.75 Å². The molecular formula is C19H16O. The molecule has 4 rings (SSSR count). The average Bonchev–Trinajstić information content (AvgIpc) is 2.47. The second kappa shape index (κ2) is 3.86. The van der Waals surface area contributed by atoms with E-state index in [1.807, 2.05) is 6.07 Å². The normalized spacial score (nSPS) is 25.8. The van der Waals surface area contributed by atoms with Crippen LogP contribution < -0.4 is 0 Å². The summed E-state index contributed by atoms with van der Waals surface area (Å²) in [4.78, 5) is 0. The number of benzene rings is 2. The van der Waals surface area contributed by atoms with Crippen LogP contribution in [-0.4, -0.2) is 5.11 Å². The molecule has 0 radical (unpaired) electrons. The minimum absolute atomic E-state index is 0.177. The minimum atomic E-state index is -0.177. The number of hydrogen-bond acceptors (Lipinski definition) is 1. The van der Waals surface area contributed by atoms with Crippen molar-refractivity contribution in [2.75, 3.05) is 0 Å². The van der Waals surface area contributed by atoms with Crippen LogP contribution in [0.15, 0.2) is 66.8 Å². The van der Waals surface area contributed by atoms with Crippen LogP contribution in [0.3, 0.4) is 0 Å². The summed E-state index contributed by atoms with van der Waals surface area (Å²) in [5.41, 5.74) is 4.60. The van der Waals surface area contributed by atoms with Gasteiger partial charge in [-0.2, -0.15) is 0 Å². The van der Waals surface area contributed by atoms with E-state index in [4.69, 9.17) is 0 Å². The smallest absolute Gasteiger partial charge is 0.120 e. The first-order chi connectivity index (χ1) is 9.72. The molecule has 0 spiro atoms. The van der Waals surface area contributed by atoms with Gasteiger partial charge in [0, 0.05) is 16.9 Å². The standard InChI is InChI=1S/C19H16O/c1-19-12-5-4-10-16(19)14-8-3-2-7-13(14)15-9-6-11-17(20)18(15)19/h2-12,16,20H,1H3. The van der Waals surface area contributed by atoms with Crippen molar-refractivity contribution in [3.8, 4) is 16.9 Å². The van der Waals surface area contributed by atoms with Gasteiger partial charge < -0.3 is 5.11 Å². The second-order valence-corrected chi connectivity index (χ2v) is 5.79. The largest absolute Gasteiger partial charge is 0.508 e. The molecule has 2 unspecified atom stereocenters. The fourth-order valence-corrected chi connectivity index (χ4v) is 3.74. The molecule has 0 aliphatic heterocycles. The van der Waals surface area contributed by atoms with Crippen molar-refractivity contribution in [1.82, 2.24) is 0 Å². The van der Waals surface area contributed by atoms with Crippen LogP contribution in [-0.2, 0) is 5.41 Å². The molecule has 0 aromatic heterocycles. The Kier molecular flexibility index (Phi) is 2.23. The fourth-order valence-electron chi connectivity index (χ4n) is 3.74. The minimum Gasteiger partial charge on any atom is -0.508 e. The number of rotatable bonds is 0. The van der Waals surface area contributed by atoms with Crippen LogP contribution in [0.25, 0.3) is 11.1 Å². The summed E-state index contributed by atoms with van der Waals surface area (Å²) in [5.74, 6) is 0.675. The molecule has 2 atom stereocenters. The van der Waals surface area contributed by atoms with Crippen molar-refractivity contribution in [2.24, 2.45) is 0 Å². The number of allylic oxidation sites excluding steroid dienone is 4. The van der Waals surface area contributed by atoms with Crippen molar-refractivity contribution < 1.29 is 5.11 Å². The van der Waals surface area contributed by atoms with Crippen LogP contribution in [0, 0.1) is 0 Å². The van der Waals surface area contributed by atoms with E-state index in [1.165, 1.54) is 11.1 Å². The summed E-state index contributed by atoms with van der Waals surface area (Å²) in [6, 6.07) is 14.4. The molecule has 1 N–H and O–H groups in total. The van der Waals surface area contributed by atoms with Crippen LogP contribution in [0.1, 0.15) is 24.0 Å². The fraction of sp³-hybridized carbons (Fsp3) is 0.158. The first kappa shape index (κ1) is 11.5. The Hall–Kier alpha value is -2.28. The Morgan fingerprint density at radius 3 is 2.65 bits per heavy atom. The zero-order chi connectivity index (χ0) is 13.7. The highest BCUT2D eigenvalue weighted by atomic mass is 16.3. The molecule has 0 saturated carbocycles. The van der Waals surface area contributed by atoms with E-state index < -0.39 is 0 Å². The van der Waals surface area contributed by atoms with E-state index in [0.717, 1.165) is 11.1 Å². The number of fused-ring (bicyclic) bond motifs is 6. The Labute approximate surface area is 118 Å². The predicted molar refractivity (Wildman–Crippen MR) is 81.9 cm³/mol. The van der Waals surface area contributed by atoms with Crippen molar-refractivity contribution in [2.45, 2.75) is 18.3 Å². The highest BCUT2D eigenvalue weighted by Crippen LogP contribution is 2.55. The number of hydrogen-bond donors (Lipinski definition) is 1. The number of phenols is 1. The van der Waals surface area contributed by atoms with E-state index in [2.05, 4.69) is 61.6 Å². The Bertz CT molecular complexity index is 754. The van der Waals surface area contributed by atoms with Crippen molar-refractivity contribution >= 4 is 0 Å². The molecule has 0 saturated heterocycles. The first-order valence-electron chi connectivity index (χ1n) is 6.99. The summed E-state index contributed by atoms with van der Waals surface area (Å²) in [6.45, 7) is 2.21. The molecule has 2 aliphatic rings. The van der Waals surface area contributed by atoms with Gasteiger partial charge in [0.05, 0.1) is 0 Å². The monoisotopic (exact) mass is 260 g/mol. The highest BCUT2D eigenvalue weighted by Gasteiger charge is 2.42. The molecule has 2 aromatic carbocycles. The Morgan fingerprint density at radius 1 is 0.950 bits per heavy atom. The van der Waals surface area contributed by atoms with Gasteiger partial charge in [0.2, 0.25) is 0 Å². The van der Waals surface area contributed by atoms with Gasteiger partial charge in [-0.15, -0.1) is 0 Å². The van der Waals surface area contributed by atoms with Crippen LogP contribution in [0.5, 0.6) is 5.75 Å². The van der Waals surface area contributed by atoms with E-state index >= 15 is 0 Å². The molecule has 2 aromatic rings. The molecule has 0 bridgehead atoms. The third-order valence-corrected chi connectivity index (χ3v) is 4.67. The van der Waals surface area contributed by atoms with Gasteiger partial charge in [-0.05, 0) is 22.8 Å². The van der Waals surface area contributed by atoms with Crippen LogP contribution in [0.4, 0.5) is 0 Å². The Balaban J connectivity index is 2.14. The van der Waals surface area contributed by atoms with E-state index in [-0.39, 0.29) is 11.3 Å².